The van der Waals surface area contributed by atoms with Gasteiger partial charge in [-0.05, 0) is 74.7 Å². The van der Waals surface area contributed by atoms with Crippen LogP contribution in [0.4, 0.5) is 17.2 Å². The maximum absolute atomic E-state index is 13.4. The van der Waals surface area contributed by atoms with Gasteiger partial charge in [0.25, 0.3) is 11.7 Å². The van der Waals surface area contributed by atoms with Crippen molar-refractivity contribution in [1.82, 2.24) is 4.98 Å². The Morgan fingerprint density at radius 1 is 1.23 bits per heavy atom. The van der Waals surface area contributed by atoms with Gasteiger partial charge in [0.1, 0.15) is 11.7 Å². The molecule has 0 N–H and O–H groups in total. The molecule has 0 radical (unpaired) electrons. The minimum Gasteiger partial charge on any atom is -0.360 e. The number of aromatic nitrogens is 1. The predicted molar refractivity (Wildman–Crippen MR) is 106 cm³/mol. The molecule has 1 saturated heterocycles. The summed E-state index contributed by atoms with van der Waals surface area (Å²) >= 11 is 5.74. The molecule has 5 nitrogen and oxygen atoms in total. The number of amides is 1. The molecule has 0 unspecified atom stereocenters. The first-order valence-corrected chi connectivity index (χ1v) is 8.98. The summed E-state index contributed by atoms with van der Waals surface area (Å²) in [6.07, 6.45) is 4.17. The summed E-state index contributed by atoms with van der Waals surface area (Å²) in [6, 6.07) is 9.90. The number of benzene rings is 1. The Bertz CT molecular complexity index is 974. The molecular formula is C20H18N4OS. The SMILES string of the molecule is [C-]#[N+]c1ncc(N2C(=O)C3(CCC3)N(c3cccc(C)c3)C2=S)cc1C. The zero-order valence-electron chi connectivity index (χ0n) is 14.7. The van der Waals surface area contributed by atoms with E-state index in [4.69, 9.17) is 18.8 Å². The van der Waals surface area contributed by atoms with Gasteiger partial charge in [0.15, 0.2) is 5.11 Å². The monoisotopic (exact) mass is 362 g/mol. The molecule has 130 valence electrons. The fraction of sp³-hybridized carbons (Fsp3) is 0.300. The molecule has 1 aliphatic carbocycles. The van der Waals surface area contributed by atoms with E-state index in [0.717, 1.165) is 36.1 Å². The summed E-state index contributed by atoms with van der Waals surface area (Å²) in [5.41, 5.74) is 2.87. The largest absolute Gasteiger partial charge is 0.360 e. The van der Waals surface area contributed by atoms with Crippen LogP contribution < -0.4 is 9.80 Å². The molecule has 26 heavy (non-hydrogen) atoms. The van der Waals surface area contributed by atoms with E-state index < -0.39 is 5.54 Å². The molecule has 4 rings (SSSR count). The van der Waals surface area contributed by atoms with E-state index in [0.29, 0.717) is 16.6 Å². The number of hydrogen-bond donors (Lipinski definition) is 0. The summed E-state index contributed by atoms with van der Waals surface area (Å²) in [7, 11) is 0. The normalized spacial score (nSPS) is 18.2. The van der Waals surface area contributed by atoms with Crippen molar-refractivity contribution in [3.63, 3.8) is 0 Å². The minimum absolute atomic E-state index is 0.00650. The highest BCUT2D eigenvalue weighted by Crippen LogP contribution is 2.47. The Morgan fingerprint density at radius 2 is 2.00 bits per heavy atom. The van der Waals surface area contributed by atoms with Gasteiger partial charge in [-0.2, -0.15) is 0 Å². The van der Waals surface area contributed by atoms with Crippen molar-refractivity contribution in [1.29, 1.82) is 0 Å². The molecule has 1 spiro atoms. The summed E-state index contributed by atoms with van der Waals surface area (Å²) in [6.45, 7) is 11.0. The zero-order valence-corrected chi connectivity index (χ0v) is 15.5. The Morgan fingerprint density at radius 3 is 2.58 bits per heavy atom. The Balaban J connectivity index is 1.81. The highest BCUT2D eigenvalue weighted by atomic mass is 32.1. The van der Waals surface area contributed by atoms with Gasteiger partial charge in [0.2, 0.25) is 0 Å². The number of rotatable bonds is 2. The van der Waals surface area contributed by atoms with Gasteiger partial charge >= 0.3 is 0 Å². The molecule has 1 aliphatic heterocycles. The second-order valence-corrected chi connectivity index (χ2v) is 7.29. The second kappa shape index (κ2) is 5.89. The number of carbonyl (C=O) groups excluding carboxylic acids is 1. The number of pyridine rings is 1. The van der Waals surface area contributed by atoms with Crippen LogP contribution in [0.25, 0.3) is 4.85 Å². The Kier molecular flexibility index (Phi) is 3.78. The fourth-order valence-corrected chi connectivity index (χ4v) is 4.24. The number of hydrogen-bond acceptors (Lipinski definition) is 3. The van der Waals surface area contributed by atoms with E-state index in [-0.39, 0.29) is 5.91 Å². The molecule has 2 aromatic rings. The summed E-state index contributed by atoms with van der Waals surface area (Å²) < 4.78 is 0. The molecule has 1 saturated carbocycles. The molecule has 0 bridgehead atoms. The van der Waals surface area contributed by atoms with Crippen molar-refractivity contribution in [2.75, 3.05) is 9.80 Å². The smallest absolute Gasteiger partial charge is 0.272 e. The van der Waals surface area contributed by atoms with Crippen LogP contribution in [-0.2, 0) is 4.79 Å². The van der Waals surface area contributed by atoms with Crippen LogP contribution in [0.5, 0.6) is 0 Å². The number of anilines is 2. The molecule has 0 atom stereocenters. The number of carbonyl (C=O) groups is 1. The lowest BCUT2D eigenvalue weighted by Crippen LogP contribution is -2.55. The lowest BCUT2D eigenvalue weighted by Gasteiger charge is -2.43. The molecule has 1 aromatic carbocycles. The Hall–Kier alpha value is -2.78. The van der Waals surface area contributed by atoms with Crippen molar-refractivity contribution in [2.24, 2.45) is 0 Å². The van der Waals surface area contributed by atoms with Gasteiger partial charge in [-0.25, -0.2) is 0 Å². The highest BCUT2D eigenvalue weighted by Gasteiger charge is 2.59. The van der Waals surface area contributed by atoms with Crippen molar-refractivity contribution in [2.45, 2.75) is 38.6 Å². The minimum atomic E-state index is -0.586. The molecule has 1 aromatic heterocycles. The quantitative estimate of drug-likeness (QED) is 0.590. The van der Waals surface area contributed by atoms with E-state index in [2.05, 4.69) is 15.9 Å². The van der Waals surface area contributed by atoms with Crippen LogP contribution in [0.3, 0.4) is 0 Å². The highest BCUT2D eigenvalue weighted by molar-refractivity contribution is 7.81. The molecule has 6 heteroatoms. The van der Waals surface area contributed by atoms with Crippen LogP contribution in [0.1, 0.15) is 30.4 Å². The van der Waals surface area contributed by atoms with Crippen molar-refractivity contribution < 1.29 is 4.79 Å². The molecule has 1 amide bonds. The Labute approximate surface area is 158 Å². The van der Waals surface area contributed by atoms with Gasteiger partial charge in [-0.15, -0.1) is 4.98 Å². The van der Waals surface area contributed by atoms with E-state index in [9.17, 15) is 4.79 Å². The van der Waals surface area contributed by atoms with Gasteiger partial charge < -0.3 is 9.74 Å². The molecular weight excluding hydrogens is 344 g/mol. The average Bonchev–Trinajstić information content (AvgIpc) is 2.82. The summed E-state index contributed by atoms with van der Waals surface area (Å²) in [5.74, 6) is 0.354. The summed E-state index contributed by atoms with van der Waals surface area (Å²) in [5, 5.41) is 0.483. The van der Waals surface area contributed by atoms with Crippen molar-refractivity contribution in [3.8, 4) is 0 Å². The van der Waals surface area contributed by atoms with Gasteiger partial charge in [-0.1, -0.05) is 18.7 Å². The van der Waals surface area contributed by atoms with E-state index in [1.807, 2.05) is 43.0 Å². The average molecular weight is 362 g/mol. The lowest BCUT2D eigenvalue weighted by atomic mass is 9.75. The van der Waals surface area contributed by atoms with Crippen molar-refractivity contribution in [3.05, 3.63) is 59.1 Å². The second-order valence-electron chi connectivity index (χ2n) is 6.93. The van der Waals surface area contributed by atoms with Crippen LogP contribution >= 0.6 is 12.2 Å². The number of aryl methyl sites for hydroxylation is 2. The third-order valence-electron chi connectivity index (χ3n) is 5.25. The van der Waals surface area contributed by atoms with E-state index in [1.165, 1.54) is 0 Å². The lowest BCUT2D eigenvalue weighted by molar-refractivity contribution is -0.123. The molecule has 2 aliphatic rings. The van der Waals surface area contributed by atoms with Crippen LogP contribution in [-0.4, -0.2) is 21.5 Å². The van der Waals surface area contributed by atoms with Crippen molar-refractivity contribution >= 4 is 40.4 Å². The topological polar surface area (TPSA) is 40.8 Å². The third kappa shape index (κ3) is 2.24. The number of thiocarbonyl (C=S) groups is 1. The van der Waals surface area contributed by atoms with Crippen LogP contribution in [0.15, 0.2) is 36.5 Å². The van der Waals surface area contributed by atoms with Crippen LogP contribution in [0.2, 0.25) is 0 Å². The van der Waals surface area contributed by atoms with E-state index in [1.54, 1.807) is 11.1 Å². The first-order chi connectivity index (χ1) is 12.5. The van der Waals surface area contributed by atoms with E-state index >= 15 is 0 Å². The number of nitrogens with zero attached hydrogens (tertiary/aromatic N) is 4. The first-order valence-electron chi connectivity index (χ1n) is 8.57. The van der Waals surface area contributed by atoms with Gasteiger partial charge in [-0.3, -0.25) is 9.69 Å². The zero-order chi connectivity index (χ0) is 18.5. The standard InChI is InChI=1S/C20H18N4OS/c1-13-6-4-7-15(10-13)24-19(26)23(18(25)20(24)8-5-9-20)16-11-14(2)17(21-3)22-12-16/h4,6-7,10-12H,5,8-9H2,1-2H3. The third-order valence-corrected chi connectivity index (χ3v) is 5.62. The van der Waals surface area contributed by atoms with Gasteiger partial charge in [0.05, 0.1) is 5.69 Å². The fourth-order valence-electron chi connectivity index (χ4n) is 3.77. The first kappa shape index (κ1) is 16.7. The molecule has 2 fully saturated rings. The molecule has 2 heterocycles. The van der Waals surface area contributed by atoms with Crippen LogP contribution in [0, 0.1) is 20.4 Å². The predicted octanol–water partition coefficient (Wildman–Crippen LogP) is 4.31. The summed E-state index contributed by atoms with van der Waals surface area (Å²) in [4.78, 5) is 24.5. The maximum atomic E-state index is 13.4. The van der Waals surface area contributed by atoms with Gasteiger partial charge in [0, 0.05) is 5.69 Å². The maximum Gasteiger partial charge on any atom is 0.272 e.